The van der Waals surface area contributed by atoms with Gasteiger partial charge < -0.3 is 10.0 Å². The molecule has 0 amide bonds. The first-order valence-electron chi connectivity index (χ1n) is 6.88. The number of carboxylic acid groups (broad SMARTS) is 1. The fraction of sp³-hybridized carbons (Fsp3) is 0.643. The summed E-state index contributed by atoms with van der Waals surface area (Å²) in [5.41, 5.74) is -0.117. The Labute approximate surface area is 122 Å². The van der Waals surface area contributed by atoms with Crippen molar-refractivity contribution >= 4 is 28.2 Å². The van der Waals surface area contributed by atoms with E-state index in [1.165, 1.54) is 31.1 Å². The number of hydrogen-bond acceptors (Lipinski definition) is 5. The van der Waals surface area contributed by atoms with E-state index in [1.807, 2.05) is 11.9 Å². The van der Waals surface area contributed by atoms with Crippen LogP contribution in [0.5, 0.6) is 0 Å². The molecule has 2 rings (SSSR count). The highest BCUT2D eigenvalue weighted by Crippen LogP contribution is 2.33. The van der Waals surface area contributed by atoms with Gasteiger partial charge in [0.25, 0.3) is 0 Å². The van der Waals surface area contributed by atoms with E-state index in [0.717, 1.165) is 12.8 Å². The summed E-state index contributed by atoms with van der Waals surface area (Å²) in [4.78, 5) is 29.1. The van der Waals surface area contributed by atoms with Crippen molar-refractivity contribution in [2.45, 2.75) is 45.6 Å². The van der Waals surface area contributed by atoms with Gasteiger partial charge in [-0.05, 0) is 18.8 Å². The Kier molecular flexibility index (Phi) is 4.42. The molecule has 1 aliphatic carbocycles. The van der Waals surface area contributed by atoms with E-state index in [2.05, 4.69) is 11.9 Å². The van der Waals surface area contributed by atoms with E-state index in [1.54, 1.807) is 0 Å². The first-order chi connectivity index (χ1) is 9.40. The lowest BCUT2D eigenvalue weighted by atomic mass is 9.86. The second kappa shape index (κ2) is 5.91. The summed E-state index contributed by atoms with van der Waals surface area (Å²) >= 11 is 1.18. The van der Waals surface area contributed by atoms with Crippen molar-refractivity contribution < 1.29 is 14.7 Å². The lowest BCUT2D eigenvalue weighted by Crippen LogP contribution is -2.35. The molecule has 1 saturated carbocycles. The minimum absolute atomic E-state index is 0.117. The summed E-state index contributed by atoms with van der Waals surface area (Å²) in [7, 11) is 1.94. The predicted octanol–water partition coefficient (Wildman–Crippen LogP) is 3.06. The average molecular weight is 296 g/mol. The number of aromatic carboxylic acids is 1. The van der Waals surface area contributed by atoms with Crippen LogP contribution in [0, 0.1) is 5.92 Å². The molecule has 5 nitrogen and oxygen atoms in total. The lowest BCUT2D eigenvalue weighted by Gasteiger charge is -2.33. The zero-order valence-corrected chi connectivity index (χ0v) is 12.9. The fourth-order valence-electron chi connectivity index (χ4n) is 2.75. The van der Waals surface area contributed by atoms with Crippen LogP contribution in [0.4, 0.5) is 5.13 Å². The average Bonchev–Trinajstić information content (AvgIpc) is 2.83. The van der Waals surface area contributed by atoms with Crippen molar-refractivity contribution in [3.8, 4) is 0 Å². The van der Waals surface area contributed by atoms with Crippen LogP contribution in [-0.4, -0.2) is 34.9 Å². The number of thiazole rings is 1. The molecule has 20 heavy (non-hydrogen) atoms. The number of rotatable bonds is 4. The minimum Gasteiger partial charge on any atom is -0.476 e. The monoisotopic (exact) mass is 296 g/mol. The van der Waals surface area contributed by atoms with Gasteiger partial charge in [-0.3, -0.25) is 4.79 Å². The van der Waals surface area contributed by atoms with Crippen molar-refractivity contribution in [2.75, 3.05) is 11.9 Å². The molecule has 1 N–H and O–H groups in total. The van der Waals surface area contributed by atoms with Crippen molar-refractivity contribution in [1.82, 2.24) is 4.98 Å². The second-order valence-electron chi connectivity index (χ2n) is 5.57. The van der Waals surface area contributed by atoms with E-state index >= 15 is 0 Å². The van der Waals surface area contributed by atoms with Crippen LogP contribution in [0.1, 0.15) is 59.7 Å². The normalized spacial score (nSPS) is 22.6. The molecule has 2 atom stereocenters. The van der Waals surface area contributed by atoms with Crippen molar-refractivity contribution in [3.05, 3.63) is 10.6 Å². The van der Waals surface area contributed by atoms with Crippen LogP contribution in [0.3, 0.4) is 0 Å². The van der Waals surface area contributed by atoms with Gasteiger partial charge in [0.05, 0.1) is 0 Å². The Bertz CT molecular complexity index is 495. The third kappa shape index (κ3) is 3.00. The molecule has 6 heteroatoms. The predicted molar refractivity (Wildman–Crippen MR) is 78.9 cm³/mol. The van der Waals surface area contributed by atoms with Gasteiger partial charge in [-0.1, -0.05) is 31.1 Å². The van der Waals surface area contributed by atoms with E-state index < -0.39 is 5.97 Å². The van der Waals surface area contributed by atoms with Crippen molar-refractivity contribution in [1.29, 1.82) is 0 Å². The zero-order valence-electron chi connectivity index (χ0n) is 12.0. The van der Waals surface area contributed by atoms with Crippen molar-refractivity contribution in [3.63, 3.8) is 0 Å². The second-order valence-corrected chi connectivity index (χ2v) is 6.55. The molecular formula is C14H20N2O3S. The topological polar surface area (TPSA) is 70.5 Å². The Hall–Kier alpha value is -1.43. The van der Waals surface area contributed by atoms with E-state index in [-0.39, 0.29) is 16.4 Å². The molecule has 0 spiro atoms. The van der Waals surface area contributed by atoms with Crippen LogP contribution in [0.15, 0.2) is 0 Å². The van der Waals surface area contributed by atoms with Gasteiger partial charge in [0.2, 0.25) is 0 Å². The molecule has 2 unspecified atom stereocenters. The number of carbonyl (C=O) groups excluding carboxylic acids is 1. The number of carboxylic acids is 1. The standard InChI is InChI=1S/C14H20N2O3S/c1-8-5-4-6-10(7-8)16(3)14-15-11(13(18)19)12(20-14)9(2)17/h8,10H,4-7H2,1-3H3,(H,18,19). The van der Waals surface area contributed by atoms with Crippen LogP contribution in [0.25, 0.3) is 0 Å². The lowest BCUT2D eigenvalue weighted by molar-refractivity contribution is 0.0687. The quantitative estimate of drug-likeness (QED) is 0.865. The third-order valence-corrected chi connectivity index (χ3v) is 5.14. The first kappa shape index (κ1) is 15.0. The molecule has 0 saturated heterocycles. The Morgan fingerprint density at radius 2 is 2.10 bits per heavy atom. The molecule has 1 fully saturated rings. The van der Waals surface area contributed by atoms with Gasteiger partial charge in [-0.2, -0.15) is 0 Å². The molecule has 110 valence electrons. The summed E-state index contributed by atoms with van der Waals surface area (Å²) in [6, 6.07) is 0.381. The van der Waals surface area contributed by atoms with Gasteiger partial charge in [0.15, 0.2) is 16.6 Å². The van der Waals surface area contributed by atoms with Gasteiger partial charge in [-0.25, -0.2) is 9.78 Å². The molecule has 1 aromatic rings. The largest absolute Gasteiger partial charge is 0.476 e. The highest BCUT2D eigenvalue weighted by Gasteiger charge is 2.27. The highest BCUT2D eigenvalue weighted by atomic mass is 32.1. The highest BCUT2D eigenvalue weighted by molar-refractivity contribution is 7.17. The third-order valence-electron chi connectivity index (χ3n) is 3.90. The number of anilines is 1. The molecule has 0 aromatic carbocycles. The van der Waals surface area contributed by atoms with Crippen LogP contribution in [-0.2, 0) is 0 Å². The molecule has 1 aromatic heterocycles. The summed E-state index contributed by atoms with van der Waals surface area (Å²) in [5, 5.41) is 9.77. The van der Waals surface area contributed by atoms with Gasteiger partial charge in [0, 0.05) is 20.0 Å². The summed E-state index contributed by atoms with van der Waals surface area (Å²) in [6.45, 7) is 3.62. The van der Waals surface area contributed by atoms with Gasteiger partial charge >= 0.3 is 5.97 Å². The molecule has 0 radical (unpaired) electrons. The van der Waals surface area contributed by atoms with E-state index in [4.69, 9.17) is 5.11 Å². The smallest absolute Gasteiger partial charge is 0.356 e. The van der Waals surface area contributed by atoms with Crippen LogP contribution >= 0.6 is 11.3 Å². The summed E-state index contributed by atoms with van der Waals surface area (Å²) in [6.07, 6.45) is 4.63. The zero-order chi connectivity index (χ0) is 14.9. The number of carbonyl (C=O) groups is 2. The SMILES string of the molecule is CC(=O)c1sc(N(C)C2CCCC(C)C2)nc1C(=O)O. The van der Waals surface area contributed by atoms with E-state index in [9.17, 15) is 9.59 Å². The molecular weight excluding hydrogens is 276 g/mol. The number of Topliss-reactive ketones (excluding diaryl/α,β-unsaturated/α-hetero) is 1. The Balaban J connectivity index is 2.25. The molecule has 0 bridgehead atoms. The van der Waals surface area contributed by atoms with Crippen molar-refractivity contribution in [2.24, 2.45) is 5.92 Å². The molecule has 1 heterocycles. The maximum absolute atomic E-state index is 11.5. The number of hydrogen-bond donors (Lipinski definition) is 1. The maximum atomic E-state index is 11.5. The Morgan fingerprint density at radius 3 is 2.60 bits per heavy atom. The summed E-state index contributed by atoms with van der Waals surface area (Å²) < 4.78 is 0. The summed E-state index contributed by atoms with van der Waals surface area (Å²) in [5.74, 6) is -0.693. The molecule has 1 aliphatic rings. The fourth-order valence-corrected chi connectivity index (χ4v) is 3.74. The first-order valence-corrected chi connectivity index (χ1v) is 7.69. The minimum atomic E-state index is -1.14. The van der Waals surface area contributed by atoms with Crippen LogP contribution in [0.2, 0.25) is 0 Å². The Morgan fingerprint density at radius 1 is 1.40 bits per heavy atom. The number of aromatic nitrogens is 1. The molecule has 0 aliphatic heterocycles. The van der Waals surface area contributed by atoms with Gasteiger partial charge in [0.1, 0.15) is 4.88 Å². The van der Waals surface area contributed by atoms with Gasteiger partial charge in [-0.15, -0.1) is 0 Å². The number of ketones is 1. The number of nitrogens with zero attached hydrogens (tertiary/aromatic N) is 2. The maximum Gasteiger partial charge on any atom is 0.356 e. The van der Waals surface area contributed by atoms with E-state index in [0.29, 0.717) is 17.1 Å². The van der Waals surface area contributed by atoms with Crippen LogP contribution < -0.4 is 4.90 Å².